The summed E-state index contributed by atoms with van der Waals surface area (Å²) in [6.45, 7) is 3.89. The molecule has 2 aromatic rings. The third kappa shape index (κ3) is 4.21. The third-order valence-electron chi connectivity index (χ3n) is 5.41. The van der Waals surface area contributed by atoms with E-state index in [2.05, 4.69) is 10.5 Å². The first-order chi connectivity index (χ1) is 13.1. The van der Waals surface area contributed by atoms with Crippen LogP contribution in [0.15, 0.2) is 34.9 Å². The van der Waals surface area contributed by atoms with E-state index in [4.69, 9.17) is 4.52 Å². The first-order valence-electron chi connectivity index (χ1n) is 9.71. The van der Waals surface area contributed by atoms with Crippen LogP contribution < -0.4 is 5.32 Å². The van der Waals surface area contributed by atoms with E-state index in [0.717, 1.165) is 30.5 Å². The summed E-state index contributed by atoms with van der Waals surface area (Å²) in [5, 5.41) is 6.99. The molecule has 6 heteroatoms. The Morgan fingerprint density at radius 3 is 2.74 bits per heavy atom. The van der Waals surface area contributed by atoms with Crippen LogP contribution in [0.3, 0.4) is 0 Å². The number of nitrogens with one attached hydrogen (secondary N) is 1. The molecule has 2 heterocycles. The highest BCUT2D eigenvalue weighted by Gasteiger charge is 2.31. The second kappa shape index (κ2) is 7.55. The Morgan fingerprint density at radius 1 is 1.22 bits per heavy atom. The van der Waals surface area contributed by atoms with Crippen molar-refractivity contribution in [1.29, 1.82) is 0 Å². The van der Waals surface area contributed by atoms with Crippen molar-refractivity contribution in [3.05, 3.63) is 41.6 Å². The van der Waals surface area contributed by atoms with Gasteiger partial charge in [0.2, 0.25) is 5.91 Å². The minimum atomic E-state index is -0.170. The second-order valence-electron chi connectivity index (χ2n) is 7.72. The Bertz CT molecular complexity index is 823. The summed E-state index contributed by atoms with van der Waals surface area (Å²) in [5.74, 6) is 1.00. The highest BCUT2D eigenvalue weighted by molar-refractivity contribution is 5.93. The van der Waals surface area contributed by atoms with Crippen LogP contribution in [0.5, 0.6) is 0 Å². The number of rotatable bonds is 5. The molecular formula is C21H25N3O3. The lowest BCUT2D eigenvalue weighted by Crippen LogP contribution is -2.45. The number of amides is 2. The molecular weight excluding hydrogens is 342 g/mol. The summed E-state index contributed by atoms with van der Waals surface area (Å²) in [5.41, 5.74) is 2.35. The molecule has 0 bridgehead atoms. The number of aromatic nitrogens is 1. The molecule has 2 aliphatic rings. The van der Waals surface area contributed by atoms with E-state index >= 15 is 0 Å². The van der Waals surface area contributed by atoms with Gasteiger partial charge in [-0.05, 0) is 38.5 Å². The quantitative estimate of drug-likeness (QED) is 0.881. The molecule has 1 aromatic carbocycles. The number of carbonyl (C=O) groups excluding carboxylic acids is 2. The molecule has 0 spiro atoms. The standard InChI is InChI=1S/C21H25N3O3/c1-14-4-8-16(9-5-14)19-11-18(23-27-19)21(26)24-10-2-3-17(13-24)20(25)22-12-15-6-7-15/h4-5,8-9,11,15,17H,2-3,6-7,10,12-13H2,1H3,(H,22,25)/t17-/m0/s1. The largest absolute Gasteiger partial charge is 0.356 e. The van der Waals surface area contributed by atoms with Gasteiger partial charge in [-0.25, -0.2) is 0 Å². The summed E-state index contributed by atoms with van der Waals surface area (Å²) in [6, 6.07) is 9.57. The summed E-state index contributed by atoms with van der Waals surface area (Å²) in [7, 11) is 0. The van der Waals surface area contributed by atoms with Gasteiger partial charge in [-0.15, -0.1) is 0 Å². The van der Waals surface area contributed by atoms with Crippen LogP contribution in [0.1, 0.15) is 41.7 Å². The zero-order valence-electron chi connectivity index (χ0n) is 15.6. The van der Waals surface area contributed by atoms with E-state index in [1.54, 1.807) is 11.0 Å². The van der Waals surface area contributed by atoms with Crippen molar-refractivity contribution in [2.45, 2.75) is 32.6 Å². The first kappa shape index (κ1) is 17.8. The number of hydrogen-bond acceptors (Lipinski definition) is 4. The van der Waals surface area contributed by atoms with Crippen molar-refractivity contribution in [3.8, 4) is 11.3 Å². The predicted octanol–water partition coefficient (Wildman–Crippen LogP) is 3.03. The van der Waals surface area contributed by atoms with E-state index in [0.29, 0.717) is 30.5 Å². The average molecular weight is 367 g/mol. The van der Waals surface area contributed by atoms with E-state index in [9.17, 15) is 9.59 Å². The minimum absolute atomic E-state index is 0.0693. The minimum Gasteiger partial charge on any atom is -0.356 e. The number of aryl methyl sites for hydroxylation is 1. The number of nitrogens with zero attached hydrogens (tertiary/aromatic N) is 2. The molecule has 4 rings (SSSR count). The fraction of sp³-hybridized carbons (Fsp3) is 0.476. The van der Waals surface area contributed by atoms with E-state index in [-0.39, 0.29) is 17.7 Å². The van der Waals surface area contributed by atoms with Crippen molar-refractivity contribution < 1.29 is 14.1 Å². The Balaban J connectivity index is 1.39. The molecule has 1 aliphatic carbocycles. The summed E-state index contributed by atoms with van der Waals surface area (Å²) in [4.78, 5) is 26.9. The summed E-state index contributed by atoms with van der Waals surface area (Å²) < 4.78 is 5.37. The zero-order chi connectivity index (χ0) is 18.8. The van der Waals surface area contributed by atoms with Gasteiger partial charge in [0, 0.05) is 31.3 Å². The van der Waals surface area contributed by atoms with Gasteiger partial charge in [0.05, 0.1) is 5.92 Å². The molecule has 2 fully saturated rings. The molecule has 27 heavy (non-hydrogen) atoms. The van der Waals surface area contributed by atoms with Crippen molar-refractivity contribution in [2.75, 3.05) is 19.6 Å². The maximum atomic E-state index is 12.8. The molecule has 1 aliphatic heterocycles. The molecule has 1 saturated carbocycles. The number of piperidine rings is 1. The monoisotopic (exact) mass is 367 g/mol. The molecule has 1 atom stereocenters. The van der Waals surface area contributed by atoms with Crippen molar-refractivity contribution in [1.82, 2.24) is 15.4 Å². The van der Waals surface area contributed by atoms with E-state index in [1.165, 1.54) is 12.8 Å². The van der Waals surface area contributed by atoms with Crippen LogP contribution in [0.25, 0.3) is 11.3 Å². The van der Waals surface area contributed by atoms with Gasteiger partial charge in [0.15, 0.2) is 11.5 Å². The van der Waals surface area contributed by atoms with Crippen molar-refractivity contribution in [2.24, 2.45) is 11.8 Å². The zero-order valence-corrected chi connectivity index (χ0v) is 15.6. The van der Waals surface area contributed by atoms with E-state index in [1.807, 2.05) is 31.2 Å². The molecule has 0 radical (unpaired) electrons. The lowest BCUT2D eigenvalue weighted by atomic mass is 9.96. The fourth-order valence-corrected chi connectivity index (χ4v) is 3.48. The lowest BCUT2D eigenvalue weighted by molar-refractivity contribution is -0.126. The second-order valence-corrected chi connectivity index (χ2v) is 7.72. The van der Waals surface area contributed by atoms with Gasteiger partial charge >= 0.3 is 0 Å². The van der Waals surface area contributed by atoms with E-state index < -0.39 is 0 Å². The number of hydrogen-bond donors (Lipinski definition) is 1. The Morgan fingerprint density at radius 2 is 2.00 bits per heavy atom. The van der Waals surface area contributed by atoms with Gasteiger partial charge < -0.3 is 14.7 Å². The Hall–Kier alpha value is -2.63. The van der Waals surface area contributed by atoms with Crippen molar-refractivity contribution in [3.63, 3.8) is 0 Å². The third-order valence-corrected chi connectivity index (χ3v) is 5.41. The highest BCUT2D eigenvalue weighted by atomic mass is 16.5. The van der Waals surface area contributed by atoms with Gasteiger partial charge in [-0.2, -0.15) is 0 Å². The summed E-state index contributed by atoms with van der Waals surface area (Å²) in [6.07, 6.45) is 4.08. The smallest absolute Gasteiger partial charge is 0.276 e. The molecule has 142 valence electrons. The SMILES string of the molecule is Cc1ccc(-c2cc(C(=O)N3CCC[C@H](C(=O)NCC4CC4)C3)no2)cc1. The van der Waals surface area contributed by atoms with Crippen LogP contribution in [0, 0.1) is 18.8 Å². The van der Waals surface area contributed by atoms with Crippen LogP contribution in [-0.4, -0.2) is 41.5 Å². The van der Waals surface area contributed by atoms with Gasteiger partial charge in [0.25, 0.3) is 5.91 Å². The van der Waals surface area contributed by atoms with Crippen LogP contribution in [0.2, 0.25) is 0 Å². The first-order valence-corrected chi connectivity index (χ1v) is 9.71. The number of benzene rings is 1. The predicted molar refractivity (Wildman–Crippen MR) is 101 cm³/mol. The molecule has 6 nitrogen and oxygen atoms in total. The average Bonchev–Trinajstić information content (AvgIpc) is 3.40. The van der Waals surface area contributed by atoms with Crippen LogP contribution >= 0.6 is 0 Å². The molecule has 1 aromatic heterocycles. The maximum Gasteiger partial charge on any atom is 0.276 e. The maximum absolute atomic E-state index is 12.8. The van der Waals surface area contributed by atoms with Gasteiger partial charge in [-0.3, -0.25) is 9.59 Å². The molecule has 1 N–H and O–H groups in total. The molecule has 2 amide bonds. The molecule has 0 unspecified atom stereocenters. The highest BCUT2D eigenvalue weighted by Crippen LogP contribution is 2.28. The Kier molecular flexibility index (Phi) is 4.97. The lowest BCUT2D eigenvalue weighted by Gasteiger charge is -2.31. The number of carbonyl (C=O) groups is 2. The Labute approximate surface area is 158 Å². The van der Waals surface area contributed by atoms with Gasteiger partial charge in [-0.1, -0.05) is 35.0 Å². The molecule has 1 saturated heterocycles. The normalized spacial score (nSPS) is 19.7. The van der Waals surface area contributed by atoms with Crippen LogP contribution in [-0.2, 0) is 4.79 Å². The fourth-order valence-electron chi connectivity index (χ4n) is 3.48. The number of likely N-dealkylation sites (tertiary alicyclic amines) is 1. The topological polar surface area (TPSA) is 75.4 Å². The van der Waals surface area contributed by atoms with Gasteiger partial charge in [0.1, 0.15) is 0 Å². The summed E-state index contributed by atoms with van der Waals surface area (Å²) >= 11 is 0. The van der Waals surface area contributed by atoms with Crippen molar-refractivity contribution >= 4 is 11.8 Å². The van der Waals surface area contributed by atoms with Crippen LogP contribution in [0.4, 0.5) is 0 Å².